The molecular weight excluding hydrogens is 496 g/mol. The second-order valence-electron chi connectivity index (χ2n) is 11.2. The topological polar surface area (TPSA) is 84.8 Å². The second-order valence-corrected chi connectivity index (χ2v) is 11.2. The monoisotopic (exact) mass is 538 g/mol. The van der Waals surface area contributed by atoms with E-state index in [0.29, 0.717) is 23.0 Å². The van der Waals surface area contributed by atoms with Crippen LogP contribution in [0.2, 0.25) is 0 Å². The Kier molecular flexibility index (Phi) is 8.94. The Morgan fingerprint density at radius 1 is 0.875 bits per heavy atom. The highest BCUT2D eigenvalue weighted by Crippen LogP contribution is 2.37. The first kappa shape index (κ1) is 27.6. The number of hydrogen-bond acceptors (Lipinski definition) is 6. The molecule has 210 valence electrons. The van der Waals surface area contributed by atoms with E-state index in [1.54, 1.807) is 0 Å². The molecule has 0 radical (unpaired) electrons. The molecule has 1 saturated carbocycles. The third-order valence-corrected chi connectivity index (χ3v) is 8.46. The van der Waals surface area contributed by atoms with Crippen LogP contribution in [0.5, 0.6) is 5.75 Å². The van der Waals surface area contributed by atoms with Crippen LogP contribution < -0.4 is 26.0 Å². The van der Waals surface area contributed by atoms with Gasteiger partial charge in [-0.3, -0.25) is 0 Å². The van der Waals surface area contributed by atoms with Crippen LogP contribution in [0.4, 0.5) is 22.7 Å². The zero-order valence-electron chi connectivity index (χ0n) is 23.6. The van der Waals surface area contributed by atoms with E-state index in [9.17, 15) is 4.79 Å². The third-order valence-electron chi connectivity index (χ3n) is 8.46. The van der Waals surface area contributed by atoms with Crippen molar-refractivity contribution in [3.8, 4) is 5.75 Å². The normalized spacial score (nSPS) is 19.6. The minimum Gasteiger partial charge on any atom is -0.423 e. The highest BCUT2D eigenvalue weighted by molar-refractivity contribution is 5.88. The zero-order valence-corrected chi connectivity index (χ0v) is 23.6. The molecule has 3 aromatic carbocycles. The Bertz CT molecular complexity index is 1290. The molecule has 6 heteroatoms. The van der Waals surface area contributed by atoms with Crippen molar-refractivity contribution in [1.29, 1.82) is 0 Å². The van der Waals surface area contributed by atoms with Gasteiger partial charge in [0, 0.05) is 43.6 Å². The Hall–Kier alpha value is -3.93. The average molecular weight is 539 g/mol. The van der Waals surface area contributed by atoms with Crippen LogP contribution in [0.25, 0.3) is 6.08 Å². The number of esters is 1. The Balaban J connectivity index is 1.08. The minimum atomic E-state index is -0.374. The van der Waals surface area contributed by atoms with E-state index >= 15 is 0 Å². The summed E-state index contributed by atoms with van der Waals surface area (Å²) >= 11 is 0. The molecule has 2 fully saturated rings. The van der Waals surface area contributed by atoms with Crippen LogP contribution in [0.1, 0.15) is 62.5 Å². The fourth-order valence-corrected chi connectivity index (χ4v) is 6.18. The Morgan fingerprint density at radius 2 is 1.55 bits per heavy atom. The van der Waals surface area contributed by atoms with E-state index in [1.807, 2.05) is 48.5 Å². The molecule has 6 nitrogen and oxygen atoms in total. The highest BCUT2D eigenvalue weighted by atomic mass is 16.5. The molecule has 0 atom stereocenters. The molecule has 3 aromatic rings. The van der Waals surface area contributed by atoms with Crippen molar-refractivity contribution in [2.45, 2.75) is 51.4 Å². The van der Waals surface area contributed by atoms with Gasteiger partial charge in [-0.1, -0.05) is 44.0 Å². The lowest BCUT2D eigenvalue weighted by atomic mass is 9.77. The molecule has 0 spiro atoms. The van der Waals surface area contributed by atoms with Crippen LogP contribution in [-0.2, 0) is 4.79 Å². The molecule has 1 saturated heterocycles. The van der Waals surface area contributed by atoms with Crippen molar-refractivity contribution >= 4 is 34.8 Å². The summed E-state index contributed by atoms with van der Waals surface area (Å²) in [6, 6.07) is 22.1. The quantitative estimate of drug-likeness (QED) is 0.141. The Morgan fingerprint density at radius 3 is 2.20 bits per heavy atom. The molecule has 0 bridgehead atoms. The maximum absolute atomic E-state index is 12.4. The molecule has 4 N–H and O–H groups in total. The number of benzene rings is 3. The predicted molar refractivity (Wildman–Crippen MR) is 167 cm³/mol. The van der Waals surface area contributed by atoms with Gasteiger partial charge in [0.05, 0.1) is 11.4 Å². The Labute approximate surface area is 238 Å². The number of nitrogens with zero attached hydrogens (tertiary/aromatic N) is 2. The molecule has 1 aliphatic carbocycles. The van der Waals surface area contributed by atoms with Crippen molar-refractivity contribution in [2.75, 3.05) is 47.4 Å². The lowest BCUT2D eigenvalue weighted by Gasteiger charge is -2.37. The van der Waals surface area contributed by atoms with Gasteiger partial charge in [-0.05, 0) is 97.2 Å². The largest absolute Gasteiger partial charge is 0.423 e. The summed E-state index contributed by atoms with van der Waals surface area (Å²) in [5, 5.41) is 0. The number of ether oxygens (including phenoxy) is 1. The molecule has 0 amide bonds. The molecular formula is C34H42N4O2. The van der Waals surface area contributed by atoms with E-state index < -0.39 is 0 Å². The molecule has 0 unspecified atom stereocenters. The van der Waals surface area contributed by atoms with Crippen molar-refractivity contribution in [2.24, 2.45) is 5.92 Å². The van der Waals surface area contributed by atoms with E-state index in [-0.39, 0.29) is 5.97 Å². The number of hydrogen-bond donors (Lipinski definition) is 2. The molecule has 5 rings (SSSR count). The minimum absolute atomic E-state index is 0.374. The van der Waals surface area contributed by atoms with E-state index in [1.165, 1.54) is 50.2 Å². The van der Waals surface area contributed by atoms with Gasteiger partial charge in [0.15, 0.2) is 0 Å². The van der Waals surface area contributed by atoms with Gasteiger partial charge in [0.25, 0.3) is 0 Å². The zero-order chi connectivity index (χ0) is 27.9. The number of nitrogen functional groups attached to an aromatic ring is 2. The molecule has 1 aliphatic heterocycles. The van der Waals surface area contributed by atoms with Gasteiger partial charge >= 0.3 is 5.97 Å². The number of carbonyl (C=O) groups excluding carboxylic acids is 1. The summed E-state index contributed by atoms with van der Waals surface area (Å²) in [7, 11) is 0. The lowest BCUT2D eigenvalue weighted by Crippen LogP contribution is -2.46. The van der Waals surface area contributed by atoms with E-state index in [0.717, 1.165) is 49.0 Å². The molecule has 1 heterocycles. The third kappa shape index (κ3) is 6.98. The van der Waals surface area contributed by atoms with Crippen molar-refractivity contribution in [1.82, 2.24) is 0 Å². The van der Waals surface area contributed by atoms with Crippen LogP contribution in [0.3, 0.4) is 0 Å². The molecule has 2 aliphatic rings. The number of piperazine rings is 1. The number of nitrogens with two attached hydrogens (primary N) is 2. The average Bonchev–Trinajstić information content (AvgIpc) is 2.98. The van der Waals surface area contributed by atoms with E-state index in [4.69, 9.17) is 16.2 Å². The van der Waals surface area contributed by atoms with Crippen LogP contribution in [0, 0.1) is 5.92 Å². The number of carbonyl (C=O) groups is 1. The summed E-state index contributed by atoms with van der Waals surface area (Å²) in [4.78, 5) is 17.1. The first-order valence-corrected chi connectivity index (χ1v) is 14.7. The van der Waals surface area contributed by atoms with Gasteiger partial charge in [-0.25, -0.2) is 4.79 Å². The standard InChI is InChI=1S/C34H42N4O2/c1-2-3-25-4-9-27(10-5-25)28-11-6-26(7-12-28)8-19-34(39)40-31-16-14-30(15-17-31)37-20-22-38(23-21-37)33-18-13-29(35)24-32(33)36/h6-8,11-19,24-25,27H,2-5,9-10,20-23,35-36H2,1H3/b19-8+. The van der Waals surface area contributed by atoms with Crippen molar-refractivity contribution < 1.29 is 9.53 Å². The van der Waals surface area contributed by atoms with Gasteiger partial charge in [0.2, 0.25) is 0 Å². The fourth-order valence-electron chi connectivity index (χ4n) is 6.18. The van der Waals surface area contributed by atoms with Gasteiger partial charge in [0.1, 0.15) is 5.75 Å². The summed E-state index contributed by atoms with van der Waals surface area (Å²) < 4.78 is 5.55. The van der Waals surface area contributed by atoms with Gasteiger partial charge in [-0.15, -0.1) is 0 Å². The van der Waals surface area contributed by atoms with Crippen LogP contribution in [0.15, 0.2) is 72.8 Å². The lowest BCUT2D eigenvalue weighted by molar-refractivity contribution is -0.128. The summed E-state index contributed by atoms with van der Waals surface area (Å²) in [5.41, 5.74) is 18.0. The van der Waals surface area contributed by atoms with Crippen molar-refractivity contribution in [3.05, 3.63) is 83.9 Å². The maximum Gasteiger partial charge on any atom is 0.336 e. The maximum atomic E-state index is 12.4. The first-order chi connectivity index (χ1) is 19.5. The molecule has 0 aromatic heterocycles. The molecule has 40 heavy (non-hydrogen) atoms. The van der Waals surface area contributed by atoms with Gasteiger partial charge in [-0.2, -0.15) is 0 Å². The van der Waals surface area contributed by atoms with E-state index in [2.05, 4.69) is 41.0 Å². The number of rotatable bonds is 8. The fraction of sp³-hybridized carbons (Fsp3) is 0.382. The van der Waals surface area contributed by atoms with Crippen LogP contribution >= 0.6 is 0 Å². The number of anilines is 4. The van der Waals surface area contributed by atoms with Crippen LogP contribution in [-0.4, -0.2) is 32.1 Å². The highest BCUT2D eigenvalue weighted by Gasteiger charge is 2.22. The predicted octanol–water partition coefficient (Wildman–Crippen LogP) is 6.87. The SMILES string of the molecule is CCCC1CCC(c2ccc(/C=C/C(=O)Oc3ccc(N4CCN(c5ccc(N)cc5N)CC4)cc3)cc2)CC1. The summed E-state index contributed by atoms with van der Waals surface area (Å²) in [5.74, 6) is 1.76. The first-order valence-electron chi connectivity index (χ1n) is 14.7. The van der Waals surface area contributed by atoms with Crippen molar-refractivity contribution in [3.63, 3.8) is 0 Å². The second kappa shape index (κ2) is 12.9. The van der Waals surface area contributed by atoms with Gasteiger partial charge < -0.3 is 26.0 Å². The summed E-state index contributed by atoms with van der Waals surface area (Å²) in [6.07, 6.45) is 11.3. The summed E-state index contributed by atoms with van der Waals surface area (Å²) in [6.45, 7) is 5.79. The smallest absolute Gasteiger partial charge is 0.336 e.